The Morgan fingerprint density at radius 3 is 2.54 bits per heavy atom. The maximum absolute atomic E-state index is 13.1. The third-order valence-corrected chi connectivity index (χ3v) is 8.38. The summed E-state index contributed by atoms with van der Waals surface area (Å²) in [4.78, 5) is 39.4. The molecule has 2 aliphatic heterocycles. The molecule has 1 spiro atoms. The van der Waals surface area contributed by atoms with Crippen molar-refractivity contribution < 1.29 is 28.6 Å². The molecular weight excluding hydrogens is 520 g/mol. The molecular formula is C33H40N2O6. The summed E-state index contributed by atoms with van der Waals surface area (Å²) in [5, 5.41) is 0.949. The first kappa shape index (κ1) is 29.0. The normalized spacial score (nSPS) is 21.3. The zero-order valence-electron chi connectivity index (χ0n) is 24.7. The lowest BCUT2D eigenvalue weighted by Crippen LogP contribution is -2.45. The average molecular weight is 561 g/mol. The minimum atomic E-state index is -0.620. The topological polar surface area (TPSA) is 87.1 Å². The zero-order chi connectivity index (χ0) is 29.4. The maximum Gasteiger partial charge on any atom is 0.418 e. The molecule has 0 amide bonds. The molecule has 5 rings (SSSR count). The summed E-state index contributed by atoms with van der Waals surface area (Å²) >= 11 is 0. The fraction of sp³-hybridized carbons (Fsp3) is 0.485. The Morgan fingerprint density at radius 1 is 1.15 bits per heavy atom. The molecule has 3 aromatic rings. The van der Waals surface area contributed by atoms with Gasteiger partial charge in [0.25, 0.3) is 0 Å². The molecule has 2 aliphatic rings. The summed E-state index contributed by atoms with van der Waals surface area (Å²) in [7, 11) is 1.38. The smallest absolute Gasteiger partial charge is 0.418 e. The summed E-state index contributed by atoms with van der Waals surface area (Å²) in [6.45, 7) is 9.75. The molecule has 0 aliphatic carbocycles. The van der Waals surface area contributed by atoms with Gasteiger partial charge in [0.15, 0.2) is 0 Å². The molecule has 0 radical (unpaired) electrons. The van der Waals surface area contributed by atoms with Gasteiger partial charge in [0.05, 0.1) is 23.8 Å². The molecule has 2 atom stereocenters. The molecule has 0 N–H and O–H groups in total. The lowest BCUT2D eigenvalue weighted by Gasteiger charge is -2.45. The Labute approximate surface area is 241 Å². The largest absolute Gasteiger partial charge is 0.465 e. The van der Waals surface area contributed by atoms with Crippen molar-refractivity contribution in [2.45, 2.75) is 83.6 Å². The van der Waals surface area contributed by atoms with Gasteiger partial charge < -0.3 is 19.0 Å². The SMILES string of the molecule is COC(=O)c1ccc([C@@H]2CC3(CCCO3)CCN2Cc2c(CC=O)cc(C)c3c2ccn3C(=O)OC(C)(C)C)cc1. The Bertz CT molecular complexity index is 1440. The van der Waals surface area contributed by atoms with Crippen LogP contribution in [0.15, 0.2) is 42.6 Å². The van der Waals surface area contributed by atoms with Crippen LogP contribution in [0, 0.1) is 6.92 Å². The van der Waals surface area contributed by atoms with Crippen molar-refractivity contribution in [3.63, 3.8) is 0 Å². The Kier molecular flexibility index (Phi) is 8.08. The number of esters is 1. The summed E-state index contributed by atoms with van der Waals surface area (Å²) in [5.74, 6) is -0.359. The number of likely N-dealkylation sites (tertiary alicyclic amines) is 1. The summed E-state index contributed by atoms with van der Waals surface area (Å²) in [6, 6.07) is 11.7. The first-order valence-corrected chi connectivity index (χ1v) is 14.4. The van der Waals surface area contributed by atoms with Crippen LogP contribution >= 0.6 is 0 Å². The zero-order valence-corrected chi connectivity index (χ0v) is 24.7. The van der Waals surface area contributed by atoms with Gasteiger partial charge in [-0.2, -0.15) is 0 Å². The Balaban J connectivity index is 1.55. The van der Waals surface area contributed by atoms with Gasteiger partial charge in [-0.15, -0.1) is 0 Å². The van der Waals surface area contributed by atoms with Crippen molar-refractivity contribution in [3.8, 4) is 0 Å². The predicted molar refractivity (Wildman–Crippen MR) is 156 cm³/mol. The van der Waals surface area contributed by atoms with Crippen molar-refractivity contribution in [1.29, 1.82) is 0 Å². The fourth-order valence-electron chi connectivity index (χ4n) is 6.47. The number of aryl methyl sites for hydroxylation is 1. The number of piperidine rings is 1. The van der Waals surface area contributed by atoms with Crippen LogP contribution in [0.1, 0.15) is 85.1 Å². The van der Waals surface area contributed by atoms with Gasteiger partial charge in [-0.1, -0.05) is 18.2 Å². The standard InChI is InChI=1S/C33H40N2O6/c1-22-19-25(12-17-36)27(26-11-15-35(29(22)26)31(38)41-32(2,3)4)21-34-16-14-33(13-6-18-40-33)20-28(34)23-7-9-24(10-8-23)30(37)39-5/h7-11,15,17,19,28H,6,12-14,16,18,20-21H2,1-5H3/t28-,33?/m0/s1. The van der Waals surface area contributed by atoms with E-state index >= 15 is 0 Å². The van der Waals surface area contributed by atoms with Crippen molar-refractivity contribution >= 4 is 29.3 Å². The van der Waals surface area contributed by atoms with Crippen LogP contribution in [0.4, 0.5) is 4.79 Å². The van der Waals surface area contributed by atoms with Crippen LogP contribution in [0.2, 0.25) is 0 Å². The molecule has 1 aromatic heterocycles. The van der Waals surface area contributed by atoms with Crippen LogP contribution in [-0.2, 0) is 32.0 Å². The van der Waals surface area contributed by atoms with Crippen molar-refractivity contribution in [3.05, 3.63) is 70.4 Å². The van der Waals surface area contributed by atoms with E-state index in [0.717, 1.165) is 78.3 Å². The van der Waals surface area contributed by atoms with Crippen molar-refractivity contribution in [2.24, 2.45) is 0 Å². The first-order chi connectivity index (χ1) is 19.5. The molecule has 8 heteroatoms. The van der Waals surface area contributed by atoms with Gasteiger partial charge in [-0.05, 0) is 93.8 Å². The minimum absolute atomic E-state index is 0.0573. The quantitative estimate of drug-likeness (QED) is 0.264. The second-order valence-corrected chi connectivity index (χ2v) is 12.3. The van der Waals surface area contributed by atoms with Gasteiger partial charge in [-0.25, -0.2) is 9.59 Å². The molecule has 2 aromatic carbocycles. The van der Waals surface area contributed by atoms with E-state index in [-0.39, 0.29) is 17.6 Å². The number of methoxy groups -OCH3 is 1. The third kappa shape index (κ3) is 5.95. The van der Waals surface area contributed by atoms with Gasteiger partial charge >= 0.3 is 12.1 Å². The highest BCUT2D eigenvalue weighted by atomic mass is 16.6. The molecule has 218 valence electrons. The number of carbonyl (C=O) groups excluding carboxylic acids is 3. The number of hydrogen-bond donors (Lipinski definition) is 0. The van der Waals surface area contributed by atoms with E-state index < -0.39 is 11.7 Å². The number of hydrogen-bond acceptors (Lipinski definition) is 7. The lowest BCUT2D eigenvalue weighted by molar-refractivity contribution is -0.107. The molecule has 8 nitrogen and oxygen atoms in total. The highest BCUT2D eigenvalue weighted by Crippen LogP contribution is 2.45. The molecule has 2 fully saturated rings. The number of ether oxygens (including phenoxy) is 3. The number of aromatic nitrogens is 1. The highest BCUT2D eigenvalue weighted by molar-refractivity contribution is 5.94. The van der Waals surface area contributed by atoms with Crippen LogP contribution in [0.5, 0.6) is 0 Å². The number of benzene rings is 2. The number of fused-ring (bicyclic) bond motifs is 1. The van der Waals surface area contributed by atoms with Crippen LogP contribution in [0.3, 0.4) is 0 Å². The van der Waals surface area contributed by atoms with E-state index in [1.54, 1.807) is 10.8 Å². The number of aldehydes is 1. The van der Waals surface area contributed by atoms with E-state index in [0.29, 0.717) is 18.5 Å². The van der Waals surface area contributed by atoms with Crippen molar-refractivity contribution in [1.82, 2.24) is 9.47 Å². The Morgan fingerprint density at radius 2 is 1.90 bits per heavy atom. The van der Waals surface area contributed by atoms with E-state index in [4.69, 9.17) is 14.2 Å². The summed E-state index contributed by atoms with van der Waals surface area (Å²) in [5.41, 5.74) is 4.59. The monoisotopic (exact) mass is 560 g/mol. The van der Waals surface area contributed by atoms with E-state index in [1.165, 1.54) is 7.11 Å². The molecule has 3 heterocycles. The predicted octanol–water partition coefficient (Wildman–Crippen LogP) is 6.15. The van der Waals surface area contributed by atoms with Crippen LogP contribution < -0.4 is 0 Å². The van der Waals surface area contributed by atoms with E-state index in [1.807, 2.05) is 64.1 Å². The second kappa shape index (κ2) is 11.4. The maximum atomic E-state index is 13.1. The Hall–Kier alpha value is -3.49. The molecule has 0 bridgehead atoms. The average Bonchev–Trinajstić information content (AvgIpc) is 3.59. The first-order valence-electron chi connectivity index (χ1n) is 14.4. The summed E-state index contributed by atoms with van der Waals surface area (Å²) < 4.78 is 18.5. The molecule has 2 saturated heterocycles. The van der Waals surface area contributed by atoms with Crippen molar-refractivity contribution in [2.75, 3.05) is 20.3 Å². The molecule has 0 saturated carbocycles. The van der Waals surface area contributed by atoms with E-state index in [2.05, 4.69) is 4.90 Å². The van der Waals surface area contributed by atoms with Gasteiger partial charge in [0, 0.05) is 43.7 Å². The van der Waals surface area contributed by atoms with Gasteiger partial charge in [0.1, 0.15) is 11.9 Å². The lowest BCUT2D eigenvalue weighted by atomic mass is 9.81. The van der Waals surface area contributed by atoms with E-state index in [9.17, 15) is 14.4 Å². The number of carbonyl (C=O) groups is 3. The fourth-order valence-corrected chi connectivity index (χ4v) is 6.47. The van der Waals surface area contributed by atoms with Gasteiger partial charge in [0.2, 0.25) is 0 Å². The summed E-state index contributed by atoms with van der Waals surface area (Å²) in [6.07, 6.45) is 6.46. The van der Waals surface area contributed by atoms with Gasteiger partial charge in [-0.3, -0.25) is 9.47 Å². The second-order valence-electron chi connectivity index (χ2n) is 12.3. The highest BCUT2D eigenvalue weighted by Gasteiger charge is 2.43. The number of rotatable bonds is 6. The third-order valence-electron chi connectivity index (χ3n) is 8.38. The molecule has 1 unspecified atom stereocenters. The molecule has 41 heavy (non-hydrogen) atoms. The number of nitrogens with zero attached hydrogens (tertiary/aromatic N) is 2. The van der Waals surface area contributed by atoms with Crippen LogP contribution in [-0.4, -0.2) is 59.3 Å². The van der Waals surface area contributed by atoms with Crippen LogP contribution in [0.25, 0.3) is 10.9 Å². The minimum Gasteiger partial charge on any atom is -0.465 e.